The van der Waals surface area contributed by atoms with Crippen LogP contribution in [0.25, 0.3) is 11.3 Å². The Labute approximate surface area is 190 Å². The molecule has 0 spiro atoms. The van der Waals surface area contributed by atoms with Crippen LogP contribution in [0, 0.1) is 10.1 Å². The lowest BCUT2D eigenvalue weighted by atomic mass is 10.1. The largest absolute Gasteiger partial charge is 0.465 e. The van der Waals surface area contributed by atoms with E-state index in [1.165, 1.54) is 28.0 Å². The zero-order valence-electron chi connectivity index (χ0n) is 17.0. The van der Waals surface area contributed by atoms with Gasteiger partial charge in [-0.1, -0.05) is 23.9 Å². The Hall–Kier alpha value is -3.52. The summed E-state index contributed by atoms with van der Waals surface area (Å²) >= 11 is 2.24. The predicted molar refractivity (Wildman–Crippen MR) is 119 cm³/mol. The highest BCUT2D eigenvalue weighted by molar-refractivity contribution is 7.99. The maximum absolute atomic E-state index is 12.8. The molecule has 0 bridgehead atoms. The molecule has 1 unspecified atom stereocenters. The van der Waals surface area contributed by atoms with Crippen LogP contribution < -0.4 is 11.1 Å². The molecule has 1 amide bonds. The van der Waals surface area contributed by atoms with E-state index in [1.807, 2.05) is 0 Å². The van der Waals surface area contributed by atoms with E-state index in [0.717, 1.165) is 11.8 Å². The van der Waals surface area contributed by atoms with Gasteiger partial charge in [-0.3, -0.25) is 24.3 Å². The number of carbonyl (C=O) groups is 2. The maximum Gasteiger partial charge on any atom is 0.316 e. The average molecular weight is 478 g/mol. The number of carbonyl (C=O) groups excluding carboxylic acids is 2. The van der Waals surface area contributed by atoms with Gasteiger partial charge in [-0.05, 0) is 13.8 Å². The van der Waals surface area contributed by atoms with Crippen LogP contribution in [0.1, 0.15) is 19.9 Å². The first-order valence-corrected chi connectivity index (χ1v) is 11.2. The molecule has 1 atom stereocenters. The summed E-state index contributed by atoms with van der Waals surface area (Å²) in [4.78, 5) is 39.2. The van der Waals surface area contributed by atoms with Crippen molar-refractivity contribution < 1.29 is 19.2 Å². The van der Waals surface area contributed by atoms with Crippen molar-refractivity contribution in [2.75, 3.05) is 23.4 Å². The number of nitro groups is 1. The zero-order chi connectivity index (χ0) is 23.3. The number of hydrogen-bond donors (Lipinski definition) is 2. The number of esters is 1. The summed E-state index contributed by atoms with van der Waals surface area (Å²) in [6, 6.07) is 5.27. The molecule has 32 heavy (non-hydrogen) atoms. The third kappa shape index (κ3) is 5.39. The standard InChI is InChI=1S/C18H19N7O5S2/c1-3-30-14(26)9-32-18-23-22-16(19)24(18)10(2)15(27)21-17-20-13(8-31-17)11-5-4-6-12(7-11)25(28)29/h4-8,10H,3,9H2,1-2H3,(H2,19,22)(H,20,21,27). The summed E-state index contributed by atoms with van der Waals surface area (Å²) in [5, 5.41) is 23.7. The number of nitrogen functional groups attached to an aromatic ring is 1. The van der Waals surface area contributed by atoms with Crippen molar-refractivity contribution in [3.8, 4) is 11.3 Å². The Morgan fingerprint density at radius 2 is 2.19 bits per heavy atom. The van der Waals surface area contributed by atoms with E-state index in [9.17, 15) is 19.7 Å². The summed E-state index contributed by atoms with van der Waals surface area (Å²) in [6.45, 7) is 3.58. The van der Waals surface area contributed by atoms with E-state index in [-0.39, 0.29) is 24.0 Å². The van der Waals surface area contributed by atoms with Crippen molar-refractivity contribution in [2.45, 2.75) is 25.0 Å². The van der Waals surface area contributed by atoms with Crippen molar-refractivity contribution in [3.63, 3.8) is 0 Å². The number of rotatable bonds is 9. The van der Waals surface area contributed by atoms with E-state index in [2.05, 4.69) is 20.5 Å². The van der Waals surface area contributed by atoms with E-state index in [0.29, 0.717) is 21.5 Å². The summed E-state index contributed by atoms with van der Waals surface area (Å²) in [6.07, 6.45) is 0. The lowest BCUT2D eigenvalue weighted by Crippen LogP contribution is -2.25. The van der Waals surface area contributed by atoms with Crippen molar-refractivity contribution >= 4 is 51.7 Å². The van der Waals surface area contributed by atoms with Crippen LogP contribution in [0.5, 0.6) is 0 Å². The van der Waals surface area contributed by atoms with Gasteiger partial charge in [0.15, 0.2) is 10.3 Å². The number of thiazole rings is 1. The van der Waals surface area contributed by atoms with E-state index < -0.39 is 22.8 Å². The second kappa shape index (κ2) is 10.2. The normalized spacial score (nSPS) is 11.7. The lowest BCUT2D eigenvalue weighted by molar-refractivity contribution is -0.384. The number of hydrogen-bond acceptors (Lipinski definition) is 11. The van der Waals surface area contributed by atoms with Gasteiger partial charge in [-0.25, -0.2) is 4.98 Å². The van der Waals surface area contributed by atoms with Crippen LogP contribution in [0.4, 0.5) is 16.8 Å². The molecule has 3 aromatic rings. The number of nitrogens with two attached hydrogens (primary N) is 1. The van der Waals surface area contributed by atoms with Crippen LogP contribution >= 0.6 is 23.1 Å². The van der Waals surface area contributed by atoms with Crippen LogP contribution in [-0.2, 0) is 14.3 Å². The fourth-order valence-corrected chi connectivity index (χ4v) is 4.19. The molecule has 0 aliphatic heterocycles. The molecule has 0 radical (unpaired) electrons. The first kappa shape index (κ1) is 23.1. The molecule has 1 aromatic carbocycles. The van der Waals surface area contributed by atoms with E-state index >= 15 is 0 Å². The Kier molecular flexibility index (Phi) is 7.37. The highest BCUT2D eigenvalue weighted by Gasteiger charge is 2.24. The molecule has 0 saturated heterocycles. The Bertz CT molecular complexity index is 1150. The topological polar surface area (TPSA) is 168 Å². The summed E-state index contributed by atoms with van der Waals surface area (Å²) in [5.41, 5.74) is 6.88. The Balaban J connectivity index is 1.71. The van der Waals surface area contributed by atoms with Crippen molar-refractivity contribution in [1.82, 2.24) is 19.7 Å². The number of ether oxygens (including phenoxy) is 1. The molecular formula is C18H19N7O5S2. The molecule has 3 N–H and O–H groups in total. The number of anilines is 2. The second-order valence-electron chi connectivity index (χ2n) is 6.32. The quantitative estimate of drug-likeness (QED) is 0.202. The monoisotopic (exact) mass is 477 g/mol. The van der Waals surface area contributed by atoms with Gasteiger partial charge in [0.25, 0.3) is 5.69 Å². The van der Waals surface area contributed by atoms with Crippen LogP contribution in [0.3, 0.4) is 0 Å². The van der Waals surface area contributed by atoms with Gasteiger partial charge < -0.3 is 15.8 Å². The number of aromatic nitrogens is 4. The molecule has 0 saturated carbocycles. The number of nitro benzene ring substituents is 1. The van der Waals surface area contributed by atoms with Gasteiger partial charge in [-0.2, -0.15) is 0 Å². The minimum atomic E-state index is -0.792. The minimum Gasteiger partial charge on any atom is -0.465 e. The smallest absolute Gasteiger partial charge is 0.316 e. The number of amides is 1. The third-order valence-corrected chi connectivity index (χ3v) is 5.84. The van der Waals surface area contributed by atoms with Gasteiger partial charge in [0, 0.05) is 23.1 Å². The molecule has 3 rings (SSSR count). The average Bonchev–Trinajstić information content (AvgIpc) is 3.38. The van der Waals surface area contributed by atoms with Gasteiger partial charge in [0.05, 0.1) is 23.0 Å². The second-order valence-corrected chi connectivity index (χ2v) is 8.12. The number of benzene rings is 1. The van der Waals surface area contributed by atoms with Crippen molar-refractivity contribution in [3.05, 3.63) is 39.8 Å². The predicted octanol–water partition coefficient (Wildman–Crippen LogP) is 2.75. The maximum atomic E-state index is 12.8. The minimum absolute atomic E-state index is 0.000630. The number of nitrogens with one attached hydrogen (secondary N) is 1. The molecule has 12 nitrogen and oxygen atoms in total. The van der Waals surface area contributed by atoms with Gasteiger partial charge in [0.2, 0.25) is 11.9 Å². The number of nitrogens with zero attached hydrogens (tertiary/aromatic N) is 5. The van der Waals surface area contributed by atoms with Crippen LogP contribution in [0.15, 0.2) is 34.8 Å². The zero-order valence-corrected chi connectivity index (χ0v) is 18.7. The molecule has 2 heterocycles. The fraction of sp³-hybridized carbons (Fsp3) is 0.278. The molecular weight excluding hydrogens is 458 g/mol. The van der Waals surface area contributed by atoms with Gasteiger partial charge >= 0.3 is 5.97 Å². The van der Waals surface area contributed by atoms with Crippen LogP contribution in [0.2, 0.25) is 0 Å². The third-order valence-electron chi connectivity index (χ3n) is 4.17. The van der Waals surface area contributed by atoms with Gasteiger partial charge in [-0.15, -0.1) is 21.5 Å². The number of non-ortho nitro benzene ring substituents is 1. The summed E-state index contributed by atoms with van der Waals surface area (Å²) in [5.74, 6) is -0.816. The molecule has 0 fully saturated rings. The molecule has 2 aromatic heterocycles. The van der Waals surface area contributed by atoms with Crippen molar-refractivity contribution in [1.29, 1.82) is 0 Å². The molecule has 0 aliphatic rings. The Morgan fingerprint density at radius 3 is 2.91 bits per heavy atom. The lowest BCUT2D eigenvalue weighted by Gasteiger charge is -2.15. The first-order chi connectivity index (χ1) is 15.3. The van der Waals surface area contributed by atoms with E-state index in [1.54, 1.807) is 31.4 Å². The van der Waals surface area contributed by atoms with E-state index in [4.69, 9.17) is 10.5 Å². The number of thioether (sulfide) groups is 1. The molecule has 0 aliphatic carbocycles. The van der Waals surface area contributed by atoms with Gasteiger partial charge in [0.1, 0.15) is 6.04 Å². The fourth-order valence-electron chi connectivity index (χ4n) is 2.65. The molecule has 168 valence electrons. The SMILES string of the molecule is CCOC(=O)CSc1nnc(N)n1C(C)C(=O)Nc1nc(-c2cccc([N+](=O)[O-])c2)cs1. The van der Waals surface area contributed by atoms with Crippen molar-refractivity contribution in [2.24, 2.45) is 0 Å². The Morgan fingerprint density at radius 1 is 1.41 bits per heavy atom. The van der Waals surface area contributed by atoms with Crippen LogP contribution in [-0.4, -0.2) is 48.9 Å². The molecule has 14 heteroatoms. The summed E-state index contributed by atoms with van der Waals surface area (Å²) in [7, 11) is 0. The first-order valence-electron chi connectivity index (χ1n) is 9.30. The highest BCUT2D eigenvalue weighted by Crippen LogP contribution is 2.29. The highest BCUT2D eigenvalue weighted by atomic mass is 32.2. The summed E-state index contributed by atoms with van der Waals surface area (Å²) < 4.78 is 6.30.